The highest BCUT2D eigenvalue weighted by atomic mass is 79.9. The standard InChI is InChI=1S/C5H8O.BrH.Mg.2H/c1-3-5(6)4-2;;;;/h3-6H,1-2H2;1H;;;. The van der Waals surface area contributed by atoms with E-state index in [0.29, 0.717) is 0 Å². The normalized spacial score (nSPS) is 6.25. The number of halogens is 1. The average molecular weight is 191 g/mol. The van der Waals surface area contributed by atoms with E-state index in [0.717, 1.165) is 0 Å². The Morgan fingerprint density at radius 3 is 1.50 bits per heavy atom. The molecule has 46 valence electrons. The summed E-state index contributed by atoms with van der Waals surface area (Å²) in [6, 6.07) is 0. The molecule has 0 radical (unpaired) electrons. The van der Waals surface area contributed by atoms with Crippen molar-refractivity contribution in [1.82, 2.24) is 0 Å². The number of aliphatic hydroxyl groups is 1. The molecule has 1 N–H and O–H groups in total. The fraction of sp³-hybridized carbons (Fsp3) is 0.200. The summed E-state index contributed by atoms with van der Waals surface area (Å²) in [5.41, 5.74) is 0. The highest BCUT2D eigenvalue weighted by Gasteiger charge is 1.80. The topological polar surface area (TPSA) is 20.2 Å². The zero-order valence-electron chi connectivity index (χ0n) is 4.00. The SMILES string of the molecule is Br.C=CC(O)C=C.[MgH2]. The fourth-order valence-corrected chi connectivity index (χ4v) is 0.0962. The molecule has 8 heavy (non-hydrogen) atoms. The van der Waals surface area contributed by atoms with Crippen LogP contribution in [0.1, 0.15) is 0 Å². The number of aliphatic hydroxyl groups excluding tert-OH is 1. The maximum atomic E-state index is 8.43. The van der Waals surface area contributed by atoms with Crippen LogP contribution in [0.25, 0.3) is 0 Å². The molecule has 1 nitrogen and oxygen atoms in total. The Balaban J connectivity index is -0.000000125. The van der Waals surface area contributed by atoms with Crippen LogP contribution >= 0.6 is 17.0 Å². The highest BCUT2D eigenvalue weighted by molar-refractivity contribution is 8.93. The molecule has 0 atom stereocenters. The molecular formula is C5H11BrMgO. The molecule has 0 spiro atoms. The molecule has 0 fully saturated rings. The van der Waals surface area contributed by atoms with Gasteiger partial charge < -0.3 is 5.11 Å². The molecule has 3 heteroatoms. The minimum absolute atomic E-state index is 0. The van der Waals surface area contributed by atoms with Gasteiger partial charge in [-0.1, -0.05) is 12.2 Å². The molecule has 0 rings (SSSR count). The molecule has 0 aliphatic carbocycles. The molecule has 0 aromatic carbocycles. The molecule has 0 bridgehead atoms. The summed E-state index contributed by atoms with van der Waals surface area (Å²) >= 11 is 0. The maximum absolute atomic E-state index is 8.43. The molecule has 0 aromatic heterocycles. The van der Waals surface area contributed by atoms with Crippen LogP contribution in [0.4, 0.5) is 0 Å². The van der Waals surface area contributed by atoms with Crippen molar-refractivity contribution in [2.24, 2.45) is 0 Å². The molecular weight excluding hydrogens is 180 g/mol. The largest absolute Gasteiger partial charge is 0.385 e. The van der Waals surface area contributed by atoms with Gasteiger partial charge in [0.25, 0.3) is 0 Å². The summed E-state index contributed by atoms with van der Waals surface area (Å²) in [6.07, 6.45) is 2.28. The van der Waals surface area contributed by atoms with Crippen LogP contribution in [-0.4, -0.2) is 34.3 Å². The van der Waals surface area contributed by atoms with Crippen molar-refractivity contribution in [3.8, 4) is 0 Å². The van der Waals surface area contributed by atoms with Crippen LogP contribution in [-0.2, 0) is 0 Å². The second-order valence-electron chi connectivity index (χ2n) is 0.962. The summed E-state index contributed by atoms with van der Waals surface area (Å²) < 4.78 is 0. The first-order chi connectivity index (χ1) is 2.81. The van der Waals surface area contributed by atoms with E-state index < -0.39 is 6.10 Å². The lowest BCUT2D eigenvalue weighted by Crippen LogP contribution is -1.91. The molecule has 0 aliphatic rings. The smallest absolute Gasteiger partial charge is 0.316 e. The summed E-state index contributed by atoms with van der Waals surface area (Å²) in [6.45, 7) is 6.62. The van der Waals surface area contributed by atoms with Crippen LogP contribution in [0.15, 0.2) is 25.3 Å². The Kier molecular flexibility index (Phi) is 21.1. The molecule has 0 saturated carbocycles. The van der Waals surface area contributed by atoms with Gasteiger partial charge >= 0.3 is 23.1 Å². The second-order valence-corrected chi connectivity index (χ2v) is 0.962. The van der Waals surface area contributed by atoms with Crippen molar-refractivity contribution in [2.45, 2.75) is 6.10 Å². The van der Waals surface area contributed by atoms with Gasteiger partial charge in [0.1, 0.15) is 0 Å². The molecule has 0 heterocycles. The first kappa shape index (κ1) is 15.9. The van der Waals surface area contributed by atoms with E-state index in [1.807, 2.05) is 0 Å². The summed E-state index contributed by atoms with van der Waals surface area (Å²) in [5, 5.41) is 8.43. The van der Waals surface area contributed by atoms with E-state index >= 15 is 0 Å². The Labute approximate surface area is 76.4 Å². The maximum Gasteiger partial charge on any atom is 0.316 e. The van der Waals surface area contributed by atoms with Gasteiger partial charge in [0, 0.05) is 0 Å². The number of hydrogen-bond donors (Lipinski definition) is 1. The lowest BCUT2D eigenvalue weighted by atomic mass is 10.4. The Morgan fingerprint density at radius 2 is 1.50 bits per heavy atom. The van der Waals surface area contributed by atoms with E-state index in [1.54, 1.807) is 0 Å². The first-order valence-corrected chi connectivity index (χ1v) is 1.74. The average Bonchev–Trinajstić information content (AvgIpc) is 1.65. The monoisotopic (exact) mass is 190 g/mol. The van der Waals surface area contributed by atoms with Crippen molar-refractivity contribution in [3.05, 3.63) is 25.3 Å². The summed E-state index contributed by atoms with van der Waals surface area (Å²) in [7, 11) is 0. The lowest BCUT2D eigenvalue weighted by Gasteiger charge is -1.88. The van der Waals surface area contributed by atoms with Crippen LogP contribution in [0.5, 0.6) is 0 Å². The van der Waals surface area contributed by atoms with Crippen LogP contribution < -0.4 is 0 Å². The van der Waals surface area contributed by atoms with Gasteiger partial charge in [-0.3, -0.25) is 0 Å². The third kappa shape index (κ3) is 9.84. The Morgan fingerprint density at radius 1 is 1.25 bits per heavy atom. The Hall–Kier alpha value is 0.686. The zero-order valence-corrected chi connectivity index (χ0v) is 5.71. The van der Waals surface area contributed by atoms with E-state index in [9.17, 15) is 0 Å². The molecule has 0 saturated heterocycles. The van der Waals surface area contributed by atoms with Crippen LogP contribution in [0, 0.1) is 0 Å². The van der Waals surface area contributed by atoms with Crippen molar-refractivity contribution < 1.29 is 5.11 Å². The van der Waals surface area contributed by atoms with Crippen molar-refractivity contribution in [2.75, 3.05) is 0 Å². The van der Waals surface area contributed by atoms with Gasteiger partial charge in [0.05, 0.1) is 6.10 Å². The molecule has 0 aliphatic heterocycles. The quantitative estimate of drug-likeness (QED) is 0.494. The van der Waals surface area contributed by atoms with Gasteiger partial charge in [0.2, 0.25) is 0 Å². The minimum Gasteiger partial charge on any atom is -0.385 e. The lowest BCUT2D eigenvalue weighted by molar-refractivity contribution is 0.272. The third-order valence-corrected chi connectivity index (χ3v) is 0.483. The molecule has 0 amide bonds. The summed E-state index contributed by atoms with van der Waals surface area (Å²) in [5.74, 6) is 0. The van der Waals surface area contributed by atoms with E-state index in [4.69, 9.17) is 5.11 Å². The molecule has 0 unspecified atom stereocenters. The van der Waals surface area contributed by atoms with E-state index in [-0.39, 0.29) is 40.0 Å². The van der Waals surface area contributed by atoms with Crippen LogP contribution in [0.3, 0.4) is 0 Å². The van der Waals surface area contributed by atoms with Crippen LogP contribution in [0.2, 0.25) is 0 Å². The number of hydrogen-bond acceptors (Lipinski definition) is 1. The van der Waals surface area contributed by atoms with Gasteiger partial charge in [0.15, 0.2) is 0 Å². The van der Waals surface area contributed by atoms with Crippen molar-refractivity contribution in [3.63, 3.8) is 0 Å². The zero-order chi connectivity index (χ0) is 4.99. The van der Waals surface area contributed by atoms with Gasteiger partial charge in [-0.15, -0.1) is 30.1 Å². The number of rotatable bonds is 2. The highest BCUT2D eigenvalue weighted by Crippen LogP contribution is 1.79. The Bertz CT molecular complexity index is 57.4. The minimum atomic E-state index is -0.537. The van der Waals surface area contributed by atoms with Gasteiger partial charge in [-0.25, -0.2) is 0 Å². The fourth-order valence-electron chi connectivity index (χ4n) is 0.0962. The van der Waals surface area contributed by atoms with Gasteiger partial charge in [-0.2, -0.15) is 0 Å². The summed E-state index contributed by atoms with van der Waals surface area (Å²) in [4.78, 5) is 0. The predicted molar refractivity (Wildman–Crippen MR) is 45.3 cm³/mol. The first-order valence-electron chi connectivity index (χ1n) is 1.74. The van der Waals surface area contributed by atoms with E-state index in [1.165, 1.54) is 12.2 Å². The van der Waals surface area contributed by atoms with Crippen molar-refractivity contribution >= 4 is 40.0 Å². The van der Waals surface area contributed by atoms with Gasteiger partial charge in [-0.05, 0) is 0 Å². The molecule has 0 aromatic rings. The predicted octanol–water partition coefficient (Wildman–Crippen LogP) is 0.381. The van der Waals surface area contributed by atoms with E-state index in [2.05, 4.69) is 13.2 Å². The van der Waals surface area contributed by atoms with Crippen molar-refractivity contribution in [1.29, 1.82) is 0 Å². The third-order valence-electron chi connectivity index (χ3n) is 0.483. The second kappa shape index (κ2) is 10.6.